The van der Waals surface area contributed by atoms with Crippen molar-refractivity contribution >= 4 is 18.4 Å². The van der Waals surface area contributed by atoms with E-state index in [2.05, 4.69) is 0 Å². The molecule has 0 radical (unpaired) electrons. The van der Waals surface area contributed by atoms with Crippen molar-refractivity contribution in [3.63, 3.8) is 0 Å². The molecule has 3 rings (SSSR count). The predicted octanol–water partition coefficient (Wildman–Crippen LogP) is 3.36. The van der Waals surface area contributed by atoms with Gasteiger partial charge >= 0.3 is 7.12 Å². The summed E-state index contributed by atoms with van der Waals surface area (Å²) in [5.74, 6) is -0.657. The average molecular weight is 326 g/mol. The Kier molecular flexibility index (Phi) is 4.10. The molecule has 0 bridgehead atoms. The number of carbonyl (C=O) groups is 1. The second kappa shape index (κ2) is 5.83. The van der Waals surface area contributed by atoms with E-state index in [0.717, 1.165) is 5.46 Å². The molecule has 0 atom stereocenters. The van der Waals surface area contributed by atoms with Crippen LogP contribution < -0.4 is 5.46 Å². The quantitative estimate of drug-likeness (QED) is 0.641. The van der Waals surface area contributed by atoms with E-state index >= 15 is 0 Å². The minimum Gasteiger partial charge on any atom is -0.399 e. The molecule has 0 unspecified atom stereocenters. The summed E-state index contributed by atoms with van der Waals surface area (Å²) in [6, 6.07) is 12.8. The van der Waals surface area contributed by atoms with Gasteiger partial charge in [-0.3, -0.25) is 4.79 Å². The lowest BCUT2D eigenvalue weighted by molar-refractivity contribution is 0.00578. The molecule has 0 aliphatic carbocycles. The van der Waals surface area contributed by atoms with Crippen molar-refractivity contribution in [2.75, 3.05) is 0 Å². The largest absolute Gasteiger partial charge is 0.494 e. The Bertz CT molecular complexity index is 770. The molecular formula is C19H20BFO3. The van der Waals surface area contributed by atoms with Crippen LogP contribution in [-0.2, 0) is 9.31 Å². The zero-order valence-corrected chi connectivity index (χ0v) is 14.3. The molecule has 2 aromatic carbocycles. The normalized spacial score (nSPS) is 18.6. The Morgan fingerprint density at radius 2 is 1.46 bits per heavy atom. The maximum atomic E-state index is 13.3. The van der Waals surface area contributed by atoms with Gasteiger partial charge in [0.25, 0.3) is 0 Å². The molecule has 3 nitrogen and oxygen atoms in total. The van der Waals surface area contributed by atoms with Crippen molar-refractivity contribution in [1.82, 2.24) is 0 Å². The van der Waals surface area contributed by atoms with E-state index < -0.39 is 24.1 Å². The molecule has 1 heterocycles. The summed E-state index contributed by atoms with van der Waals surface area (Å²) in [4.78, 5) is 12.6. The van der Waals surface area contributed by atoms with E-state index in [1.807, 2.05) is 33.8 Å². The first-order valence-corrected chi connectivity index (χ1v) is 7.95. The lowest BCUT2D eigenvalue weighted by atomic mass is 9.78. The fourth-order valence-electron chi connectivity index (χ4n) is 2.60. The summed E-state index contributed by atoms with van der Waals surface area (Å²) in [5.41, 5.74) is 0.685. The number of benzene rings is 2. The summed E-state index contributed by atoms with van der Waals surface area (Å²) >= 11 is 0. The number of halogens is 1. The van der Waals surface area contributed by atoms with Crippen molar-refractivity contribution in [3.8, 4) is 0 Å². The first kappa shape index (κ1) is 16.9. The van der Waals surface area contributed by atoms with Gasteiger partial charge < -0.3 is 9.31 Å². The molecule has 0 aromatic heterocycles. The van der Waals surface area contributed by atoms with Crippen LogP contribution in [0, 0.1) is 5.82 Å². The summed E-state index contributed by atoms with van der Waals surface area (Å²) in [6.45, 7) is 7.92. The fourth-order valence-corrected chi connectivity index (χ4v) is 2.60. The van der Waals surface area contributed by atoms with Crippen molar-refractivity contribution in [3.05, 3.63) is 65.5 Å². The second-order valence-corrected chi connectivity index (χ2v) is 7.05. The smallest absolute Gasteiger partial charge is 0.399 e. The molecule has 1 aliphatic rings. The average Bonchev–Trinajstić information content (AvgIpc) is 2.75. The van der Waals surface area contributed by atoms with Gasteiger partial charge in [-0.1, -0.05) is 36.4 Å². The highest BCUT2D eigenvalue weighted by Crippen LogP contribution is 2.36. The summed E-state index contributed by atoms with van der Waals surface area (Å²) in [7, 11) is -0.532. The van der Waals surface area contributed by atoms with Crippen LogP contribution in [0.3, 0.4) is 0 Å². The summed E-state index contributed by atoms with van der Waals surface area (Å²) < 4.78 is 25.4. The van der Waals surface area contributed by atoms with E-state index in [1.54, 1.807) is 24.3 Å². The lowest BCUT2D eigenvalue weighted by Gasteiger charge is -2.32. The third-order valence-electron chi connectivity index (χ3n) is 4.76. The molecule has 0 amide bonds. The van der Waals surface area contributed by atoms with Crippen molar-refractivity contribution < 1.29 is 18.5 Å². The molecule has 1 aliphatic heterocycles. The van der Waals surface area contributed by atoms with Gasteiger partial charge in [-0.2, -0.15) is 0 Å². The van der Waals surface area contributed by atoms with E-state index in [0.29, 0.717) is 11.1 Å². The molecule has 1 fully saturated rings. The third-order valence-corrected chi connectivity index (χ3v) is 4.76. The molecule has 124 valence electrons. The Balaban J connectivity index is 1.89. The van der Waals surface area contributed by atoms with Crippen molar-refractivity contribution in [2.45, 2.75) is 38.9 Å². The Morgan fingerprint density at radius 1 is 0.917 bits per heavy atom. The lowest BCUT2D eigenvalue weighted by Crippen LogP contribution is -2.41. The van der Waals surface area contributed by atoms with Crippen LogP contribution in [0.2, 0.25) is 0 Å². The van der Waals surface area contributed by atoms with Gasteiger partial charge in [0, 0.05) is 11.1 Å². The minimum atomic E-state index is -0.532. The Hall–Kier alpha value is -1.98. The van der Waals surface area contributed by atoms with Gasteiger partial charge in [0.1, 0.15) is 5.82 Å². The highest BCUT2D eigenvalue weighted by atomic mass is 19.1. The first-order valence-electron chi connectivity index (χ1n) is 7.95. The summed E-state index contributed by atoms with van der Waals surface area (Å²) in [6.07, 6.45) is 0. The third kappa shape index (κ3) is 3.02. The van der Waals surface area contributed by atoms with Gasteiger partial charge in [0.2, 0.25) is 0 Å². The van der Waals surface area contributed by atoms with Gasteiger partial charge in [0.15, 0.2) is 5.78 Å². The number of hydrogen-bond acceptors (Lipinski definition) is 3. The van der Waals surface area contributed by atoms with Crippen LogP contribution in [-0.4, -0.2) is 24.1 Å². The maximum Gasteiger partial charge on any atom is 0.494 e. The monoisotopic (exact) mass is 326 g/mol. The Morgan fingerprint density at radius 3 is 2.04 bits per heavy atom. The van der Waals surface area contributed by atoms with E-state index in [-0.39, 0.29) is 5.78 Å². The van der Waals surface area contributed by atoms with E-state index in [9.17, 15) is 9.18 Å². The van der Waals surface area contributed by atoms with Crippen LogP contribution in [0.25, 0.3) is 0 Å². The zero-order valence-electron chi connectivity index (χ0n) is 14.3. The highest BCUT2D eigenvalue weighted by Gasteiger charge is 2.51. The number of hydrogen-bond donors (Lipinski definition) is 0. The van der Waals surface area contributed by atoms with Gasteiger partial charge in [-0.25, -0.2) is 4.39 Å². The van der Waals surface area contributed by atoms with E-state index in [1.165, 1.54) is 18.2 Å². The molecule has 1 saturated heterocycles. The molecule has 2 aromatic rings. The highest BCUT2D eigenvalue weighted by molar-refractivity contribution is 6.62. The van der Waals surface area contributed by atoms with Crippen LogP contribution >= 0.6 is 0 Å². The number of ketones is 1. The molecule has 0 spiro atoms. The fraction of sp³-hybridized carbons (Fsp3) is 0.316. The maximum absolute atomic E-state index is 13.3. The number of carbonyl (C=O) groups excluding carboxylic acids is 1. The van der Waals surface area contributed by atoms with Gasteiger partial charge in [-0.15, -0.1) is 0 Å². The molecular weight excluding hydrogens is 306 g/mol. The van der Waals surface area contributed by atoms with Crippen LogP contribution in [0.15, 0.2) is 48.5 Å². The topological polar surface area (TPSA) is 35.5 Å². The Labute approximate surface area is 141 Å². The molecule has 0 N–H and O–H groups in total. The predicted molar refractivity (Wildman–Crippen MR) is 92.0 cm³/mol. The first-order chi connectivity index (χ1) is 11.2. The van der Waals surface area contributed by atoms with E-state index in [4.69, 9.17) is 9.31 Å². The number of rotatable bonds is 3. The van der Waals surface area contributed by atoms with Crippen molar-refractivity contribution in [2.24, 2.45) is 0 Å². The molecule has 0 saturated carbocycles. The minimum absolute atomic E-state index is 0.229. The zero-order chi connectivity index (χ0) is 17.5. The second-order valence-electron chi connectivity index (χ2n) is 7.05. The van der Waals surface area contributed by atoms with Gasteiger partial charge in [-0.05, 0) is 45.3 Å². The SMILES string of the molecule is CC1(C)OB(c2cccc(C(=O)c3cccc(F)c3)c2)OC1(C)C. The molecule has 24 heavy (non-hydrogen) atoms. The van der Waals surface area contributed by atoms with Crippen LogP contribution in [0.1, 0.15) is 43.6 Å². The van der Waals surface area contributed by atoms with Crippen molar-refractivity contribution in [1.29, 1.82) is 0 Å². The standard InChI is InChI=1S/C19H20BFO3/c1-18(2)19(3,4)24-20(23-18)15-9-5-7-13(11-15)17(22)14-8-6-10-16(21)12-14/h5-12H,1-4H3. The van der Waals surface area contributed by atoms with Crippen LogP contribution in [0.4, 0.5) is 4.39 Å². The summed E-state index contributed by atoms with van der Waals surface area (Å²) in [5, 5.41) is 0. The van der Waals surface area contributed by atoms with Gasteiger partial charge in [0.05, 0.1) is 11.2 Å². The molecule has 5 heteroatoms. The van der Waals surface area contributed by atoms with Crippen LogP contribution in [0.5, 0.6) is 0 Å².